The number of aromatic carboxylic acids is 1. The highest BCUT2D eigenvalue weighted by Crippen LogP contribution is 2.35. The summed E-state index contributed by atoms with van der Waals surface area (Å²) >= 11 is 11.0. The average molecular weight is 338 g/mol. The molecule has 0 heterocycles. The van der Waals surface area contributed by atoms with Crippen LogP contribution in [0.4, 0.5) is 18.9 Å². The fourth-order valence-corrected chi connectivity index (χ4v) is 2.15. The zero-order valence-corrected chi connectivity index (χ0v) is 11.0. The molecule has 106 valence electrons. The van der Waals surface area contributed by atoms with E-state index < -0.39 is 42.8 Å². The van der Waals surface area contributed by atoms with E-state index in [1.165, 1.54) is 0 Å². The molecule has 0 aromatic heterocycles. The second-order valence-corrected chi connectivity index (χ2v) is 5.62. The van der Waals surface area contributed by atoms with Crippen molar-refractivity contribution in [1.82, 2.24) is 0 Å². The van der Waals surface area contributed by atoms with E-state index in [0.29, 0.717) is 0 Å². The van der Waals surface area contributed by atoms with Gasteiger partial charge in [0.25, 0.3) is 0 Å². The molecule has 5 nitrogen and oxygen atoms in total. The third-order valence-corrected chi connectivity index (χ3v) is 3.57. The van der Waals surface area contributed by atoms with E-state index in [1.807, 2.05) is 0 Å². The SMILES string of the molecule is O=C(O)c1c(Cl)ccc(Cl)c1NS(=O)(=O)C(F)(F)F. The number of hydrogen-bond donors (Lipinski definition) is 2. The van der Waals surface area contributed by atoms with E-state index in [4.69, 9.17) is 28.3 Å². The molecule has 0 saturated carbocycles. The first-order valence-electron chi connectivity index (χ1n) is 4.27. The normalized spacial score (nSPS) is 12.3. The lowest BCUT2D eigenvalue weighted by molar-refractivity contribution is -0.0429. The van der Waals surface area contributed by atoms with Gasteiger partial charge in [-0.1, -0.05) is 23.2 Å². The first kappa shape index (κ1) is 15.9. The van der Waals surface area contributed by atoms with Gasteiger partial charge in [0, 0.05) is 0 Å². The molecule has 0 aliphatic heterocycles. The molecule has 0 bridgehead atoms. The number of carbonyl (C=O) groups is 1. The molecule has 0 aliphatic carbocycles. The molecule has 11 heteroatoms. The Kier molecular flexibility index (Phi) is 4.23. The maximum absolute atomic E-state index is 12.2. The van der Waals surface area contributed by atoms with Crippen molar-refractivity contribution in [3.05, 3.63) is 27.7 Å². The summed E-state index contributed by atoms with van der Waals surface area (Å²) in [6.07, 6.45) is 0. The molecule has 0 fully saturated rings. The summed E-state index contributed by atoms with van der Waals surface area (Å²) in [4.78, 5) is 10.9. The Hall–Kier alpha value is -1.19. The van der Waals surface area contributed by atoms with Gasteiger partial charge in [0.2, 0.25) is 0 Å². The molecule has 1 aromatic carbocycles. The van der Waals surface area contributed by atoms with Gasteiger partial charge >= 0.3 is 21.5 Å². The van der Waals surface area contributed by atoms with Crippen molar-refractivity contribution in [2.75, 3.05) is 4.72 Å². The third-order valence-electron chi connectivity index (χ3n) is 1.86. The van der Waals surface area contributed by atoms with Crippen LogP contribution in [0.2, 0.25) is 10.0 Å². The van der Waals surface area contributed by atoms with Crippen molar-refractivity contribution in [1.29, 1.82) is 0 Å². The van der Waals surface area contributed by atoms with Gasteiger partial charge in [-0.3, -0.25) is 4.72 Å². The number of carboxylic acid groups (broad SMARTS) is 1. The van der Waals surface area contributed by atoms with Gasteiger partial charge in [-0.25, -0.2) is 4.79 Å². The number of halogens is 5. The lowest BCUT2D eigenvalue weighted by atomic mass is 10.2. The summed E-state index contributed by atoms with van der Waals surface area (Å²) in [7, 11) is -5.80. The second-order valence-electron chi connectivity index (χ2n) is 3.14. The van der Waals surface area contributed by atoms with Crippen LogP contribution in [0.5, 0.6) is 0 Å². The summed E-state index contributed by atoms with van der Waals surface area (Å²) in [5.41, 5.74) is -7.44. The molecule has 0 amide bonds. The molecule has 0 atom stereocenters. The summed E-state index contributed by atoms with van der Waals surface area (Å²) in [6.45, 7) is 0. The third kappa shape index (κ3) is 3.23. The van der Waals surface area contributed by atoms with Crippen LogP contribution in [0.1, 0.15) is 10.4 Å². The maximum Gasteiger partial charge on any atom is 0.516 e. The highest BCUT2D eigenvalue weighted by atomic mass is 35.5. The number of alkyl halides is 3. The fourth-order valence-electron chi connectivity index (χ4n) is 1.05. The van der Waals surface area contributed by atoms with Crippen LogP contribution >= 0.6 is 23.2 Å². The van der Waals surface area contributed by atoms with Crippen molar-refractivity contribution >= 4 is 44.9 Å². The minimum absolute atomic E-state index is 0.461. The van der Waals surface area contributed by atoms with Crippen LogP contribution in [0.25, 0.3) is 0 Å². The van der Waals surface area contributed by atoms with Gasteiger partial charge < -0.3 is 5.11 Å². The van der Waals surface area contributed by atoms with Crippen LogP contribution < -0.4 is 4.72 Å². The van der Waals surface area contributed by atoms with E-state index in [1.54, 1.807) is 0 Å². The van der Waals surface area contributed by atoms with Crippen LogP contribution in [-0.4, -0.2) is 25.0 Å². The average Bonchev–Trinajstić information content (AvgIpc) is 2.21. The summed E-state index contributed by atoms with van der Waals surface area (Å²) in [5, 5.41) is 7.82. The molecule has 0 radical (unpaired) electrons. The lowest BCUT2D eigenvalue weighted by Gasteiger charge is -2.14. The molecule has 2 N–H and O–H groups in total. The molecule has 0 aliphatic rings. The Labute approximate surface area is 115 Å². The van der Waals surface area contributed by atoms with Crippen molar-refractivity contribution in [3.63, 3.8) is 0 Å². The Morgan fingerprint density at radius 3 is 2.11 bits per heavy atom. The summed E-state index contributed by atoms with van der Waals surface area (Å²) in [6, 6.07) is 1.98. The monoisotopic (exact) mass is 337 g/mol. The lowest BCUT2D eigenvalue weighted by Crippen LogP contribution is -2.30. The molecule has 0 spiro atoms. The molecule has 19 heavy (non-hydrogen) atoms. The minimum atomic E-state index is -5.80. The smallest absolute Gasteiger partial charge is 0.478 e. The van der Waals surface area contributed by atoms with Gasteiger partial charge in [-0.05, 0) is 12.1 Å². The molecular weight excluding hydrogens is 334 g/mol. The van der Waals surface area contributed by atoms with E-state index >= 15 is 0 Å². The number of carboxylic acids is 1. The van der Waals surface area contributed by atoms with Crippen LogP contribution in [-0.2, 0) is 10.0 Å². The van der Waals surface area contributed by atoms with Crippen molar-refractivity contribution < 1.29 is 31.5 Å². The molecule has 0 unspecified atom stereocenters. The van der Waals surface area contributed by atoms with Crippen molar-refractivity contribution in [2.24, 2.45) is 0 Å². The highest BCUT2D eigenvalue weighted by molar-refractivity contribution is 7.93. The van der Waals surface area contributed by atoms with Crippen LogP contribution in [0.3, 0.4) is 0 Å². The number of hydrogen-bond acceptors (Lipinski definition) is 3. The van der Waals surface area contributed by atoms with Crippen LogP contribution in [0, 0.1) is 0 Å². The molecular formula is C8H4Cl2F3NO4S. The minimum Gasteiger partial charge on any atom is -0.478 e. The van der Waals surface area contributed by atoms with Crippen molar-refractivity contribution in [3.8, 4) is 0 Å². The zero-order valence-electron chi connectivity index (χ0n) is 8.62. The predicted octanol–water partition coefficient (Wildman–Crippen LogP) is 2.95. The molecule has 1 aromatic rings. The molecule has 1 rings (SSSR count). The topological polar surface area (TPSA) is 83.5 Å². The summed E-state index contributed by atoms with van der Waals surface area (Å²) in [5.74, 6) is -1.73. The van der Waals surface area contributed by atoms with Gasteiger partial charge in [0.1, 0.15) is 5.56 Å². The Balaban J connectivity index is 3.45. The summed E-state index contributed by atoms with van der Waals surface area (Å²) < 4.78 is 59.6. The first-order valence-corrected chi connectivity index (χ1v) is 6.51. The number of nitrogens with one attached hydrogen (secondary N) is 1. The number of sulfonamides is 1. The second kappa shape index (κ2) is 5.06. The Morgan fingerprint density at radius 2 is 1.68 bits per heavy atom. The Morgan fingerprint density at radius 1 is 1.21 bits per heavy atom. The van der Waals surface area contributed by atoms with E-state index in [9.17, 15) is 26.4 Å². The fraction of sp³-hybridized carbons (Fsp3) is 0.125. The highest BCUT2D eigenvalue weighted by Gasteiger charge is 2.46. The quantitative estimate of drug-likeness (QED) is 0.888. The first-order chi connectivity index (χ1) is 8.47. The van der Waals surface area contributed by atoms with Crippen molar-refractivity contribution in [2.45, 2.75) is 5.51 Å². The Bertz CT molecular complexity index is 630. The predicted molar refractivity (Wildman–Crippen MR) is 62.0 cm³/mol. The maximum atomic E-state index is 12.2. The van der Waals surface area contributed by atoms with E-state index in [-0.39, 0.29) is 0 Å². The number of benzene rings is 1. The van der Waals surface area contributed by atoms with Gasteiger partial charge in [-0.2, -0.15) is 21.6 Å². The van der Waals surface area contributed by atoms with Gasteiger partial charge in [-0.15, -0.1) is 0 Å². The molecule has 0 saturated heterocycles. The van der Waals surface area contributed by atoms with Crippen LogP contribution in [0.15, 0.2) is 12.1 Å². The zero-order chi connectivity index (χ0) is 15.0. The number of rotatable bonds is 3. The standard InChI is InChI=1S/C8H4Cl2F3NO4S/c9-3-1-2-4(10)6(5(3)7(15)16)14-19(17,18)8(11,12)13/h1-2,14H,(H,15,16). The number of anilines is 1. The van der Waals surface area contributed by atoms with E-state index in [0.717, 1.165) is 16.9 Å². The van der Waals surface area contributed by atoms with E-state index in [2.05, 4.69) is 0 Å². The van der Waals surface area contributed by atoms with Gasteiger partial charge in [0.05, 0.1) is 15.7 Å². The van der Waals surface area contributed by atoms with Gasteiger partial charge in [0.15, 0.2) is 0 Å². The largest absolute Gasteiger partial charge is 0.516 e.